The lowest BCUT2D eigenvalue weighted by molar-refractivity contribution is -0.209. The summed E-state index contributed by atoms with van der Waals surface area (Å²) in [5, 5.41) is 0. The summed E-state index contributed by atoms with van der Waals surface area (Å²) in [6.45, 7) is 9.83. The topological polar surface area (TPSA) is 29.5 Å². The van der Waals surface area contributed by atoms with E-state index in [9.17, 15) is 4.79 Å². The van der Waals surface area contributed by atoms with Gasteiger partial charge in [-0.3, -0.25) is 9.69 Å². The Labute approximate surface area is 193 Å². The zero-order valence-electron chi connectivity index (χ0n) is 20.0. The van der Waals surface area contributed by atoms with E-state index < -0.39 is 6.23 Å². The molecule has 0 aromatic heterocycles. The van der Waals surface area contributed by atoms with Crippen molar-refractivity contribution in [3.63, 3.8) is 0 Å². The smallest absolute Gasteiger partial charge is 0.206 e. The van der Waals surface area contributed by atoms with Crippen molar-refractivity contribution in [1.82, 2.24) is 4.90 Å². The third-order valence-electron chi connectivity index (χ3n) is 7.51. The Balaban J connectivity index is 1.72. The molecule has 0 unspecified atom stereocenters. The van der Waals surface area contributed by atoms with Crippen molar-refractivity contribution < 1.29 is 9.53 Å². The summed E-state index contributed by atoms with van der Waals surface area (Å²) in [6.07, 6.45) is 6.25. The number of benzene rings is 2. The Kier molecular flexibility index (Phi) is 6.97. The Morgan fingerprint density at radius 1 is 1.03 bits per heavy atom. The average molecular weight is 432 g/mol. The van der Waals surface area contributed by atoms with Gasteiger partial charge in [-0.1, -0.05) is 87.0 Å². The van der Waals surface area contributed by atoms with Crippen LogP contribution >= 0.6 is 0 Å². The maximum atomic E-state index is 13.7. The van der Waals surface area contributed by atoms with Crippen LogP contribution < -0.4 is 0 Å². The van der Waals surface area contributed by atoms with Crippen LogP contribution in [-0.2, 0) is 4.74 Å². The predicted molar refractivity (Wildman–Crippen MR) is 131 cm³/mol. The van der Waals surface area contributed by atoms with Crippen molar-refractivity contribution in [2.75, 3.05) is 6.54 Å². The Morgan fingerprint density at radius 3 is 2.28 bits per heavy atom. The third-order valence-corrected chi connectivity index (χ3v) is 7.51. The van der Waals surface area contributed by atoms with Gasteiger partial charge in [-0.25, -0.2) is 0 Å². The second-order valence-electron chi connectivity index (χ2n) is 10.1. The third kappa shape index (κ3) is 4.60. The first-order valence-electron chi connectivity index (χ1n) is 12.2. The number of hydrogen-bond acceptors (Lipinski definition) is 3. The molecular weight excluding hydrogens is 394 g/mol. The van der Waals surface area contributed by atoms with Gasteiger partial charge in [-0.2, -0.15) is 0 Å². The van der Waals surface area contributed by atoms with Crippen LogP contribution in [0.25, 0.3) is 5.57 Å². The van der Waals surface area contributed by atoms with Gasteiger partial charge < -0.3 is 4.74 Å². The summed E-state index contributed by atoms with van der Waals surface area (Å²) in [5.74, 6) is 1.14. The molecule has 4 atom stereocenters. The van der Waals surface area contributed by atoms with E-state index in [1.54, 1.807) is 0 Å². The number of ether oxygens (including phenoxy) is 1. The highest BCUT2D eigenvalue weighted by molar-refractivity contribution is 5.99. The van der Waals surface area contributed by atoms with E-state index >= 15 is 0 Å². The molecule has 0 N–H and O–H groups in total. The Morgan fingerprint density at radius 2 is 1.66 bits per heavy atom. The van der Waals surface area contributed by atoms with Crippen LogP contribution in [0.2, 0.25) is 0 Å². The minimum absolute atomic E-state index is 0.0688. The number of carbonyl (C=O) groups excluding carboxylic acids is 1. The van der Waals surface area contributed by atoms with Crippen LogP contribution in [0.4, 0.5) is 0 Å². The van der Waals surface area contributed by atoms with E-state index in [1.165, 1.54) is 17.6 Å². The van der Waals surface area contributed by atoms with Crippen LogP contribution in [0.15, 0.2) is 66.7 Å². The van der Waals surface area contributed by atoms with Crippen LogP contribution in [-0.4, -0.2) is 35.1 Å². The van der Waals surface area contributed by atoms with Crippen molar-refractivity contribution in [2.24, 2.45) is 11.8 Å². The molecule has 0 spiro atoms. The van der Waals surface area contributed by atoms with Crippen molar-refractivity contribution in [3.8, 4) is 0 Å². The van der Waals surface area contributed by atoms with Crippen LogP contribution in [0, 0.1) is 11.8 Å². The van der Waals surface area contributed by atoms with Crippen molar-refractivity contribution in [3.05, 3.63) is 77.9 Å². The predicted octanol–water partition coefficient (Wildman–Crippen LogP) is 6.60. The standard InChI is InChI=1S/C29H37NO2/c1-5-12-24(22-13-8-6-9-14-22)20-30-28(27(31)23-15-10-7-11-16-23)32-26-19-21(2)17-18-25(26)29(30,3)4/h6-16,21,25-26,28H,5,17-20H2,1-4H3/b24-12-/t21-,25-,26-,28+/m1/s1. The van der Waals surface area contributed by atoms with Gasteiger partial charge in [0.15, 0.2) is 6.23 Å². The molecule has 32 heavy (non-hydrogen) atoms. The lowest BCUT2D eigenvalue weighted by Gasteiger charge is -2.57. The van der Waals surface area contributed by atoms with Gasteiger partial charge in [-0.15, -0.1) is 0 Å². The van der Waals surface area contributed by atoms with Gasteiger partial charge in [-0.05, 0) is 50.2 Å². The number of carbonyl (C=O) groups is 1. The van der Waals surface area contributed by atoms with Gasteiger partial charge >= 0.3 is 0 Å². The van der Waals surface area contributed by atoms with Crippen molar-refractivity contribution in [1.29, 1.82) is 0 Å². The van der Waals surface area contributed by atoms with Gasteiger partial charge in [0.1, 0.15) is 0 Å². The summed E-state index contributed by atoms with van der Waals surface area (Å²) in [7, 11) is 0. The zero-order valence-corrected chi connectivity index (χ0v) is 20.0. The van der Waals surface area contributed by atoms with E-state index in [0.29, 0.717) is 18.4 Å². The average Bonchev–Trinajstić information content (AvgIpc) is 2.80. The zero-order chi connectivity index (χ0) is 22.7. The highest BCUT2D eigenvalue weighted by Crippen LogP contribution is 2.46. The molecule has 0 radical (unpaired) electrons. The Bertz CT molecular complexity index is 934. The molecule has 0 amide bonds. The van der Waals surface area contributed by atoms with Crippen LogP contribution in [0.5, 0.6) is 0 Å². The number of ketones is 1. The Hall–Kier alpha value is -2.23. The molecular formula is C29H37NO2. The number of hydrogen-bond donors (Lipinski definition) is 0. The fraction of sp³-hybridized carbons (Fsp3) is 0.483. The van der Waals surface area contributed by atoms with Gasteiger partial charge in [0.2, 0.25) is 5.78 Å². The summed E-state index contributed by atoms with van der Waals surface area (Å²) >= 11 is 0. The van der Waals surface area contributed by atoms with Gasteiger partial charge in [0, 0.05) is 23.6 Å². The molecule has 1 aliphatic heterocycles. The molecule has 1 saturated heterocycles. The summed E-state index contributed by atoms with van der Waals surface area (Å²) in [6, 6.07) is 20.2. The van der Waals surface area contributed by atoms with E-state index in [1.807, 2.05) is 30.3 Å². The molecule has 1 saturated carbocycles. The van der Waals surface area contributed by atoms with Gasteiger partial charge in [0.05, 0.1) is 6.10 Å². The highest BCUT2D eigenvalue weighted by atomic mass is 16.5. The van der Waals surface area contributed by atoms with E-state index in [4.69, 9.17) is 4.74 Å². The lowest BCUT2D eigenvalue weighted by atomic mass is 9.69. The van der Waals surface area contributed by atoms with E-state index in [0.717, 1.165) is 24.8 Å². The maximum absolute atomic E-state index is 13.7. The van der Waals surface area contributed by atoms with Crippen molar-refractivity contribution >= 4 is 11.4 Å². The minimum Gasteiger partial charge on any atom is -0.352 e. The first-order chi connectivity index (χ1) is 15.4. The number of nitrogens with zero attached hydrogens (tertiary/aromatic N) is 1. The molecule has 2 aliphatic rings. The largest absolute Gasteiger partial charge is 0.352 e. The molecule has 0 bridgehead atoms. The summed E-state index contributed by atoms with van der Waals surface area (Å²) in [4.78, 5) is 16.1. The summed E-state index contributed by atoms with van der Waals surface area (Å²) < 4.78 is 6.69. The summed E-state index contributed by atoms with van der Waals surface area (Å²) in [5.41, 5.74) is 3.06. The van der Waals surface area contributed by atoms with Crippen molar-refractivity contribution in [2.45, 2.75) is 71.2 Å². The molecule has 3 heteroatoms. The number of allylic oxidation sites excluding steroid dienone is 1. The second kappa shape index (κ2) is 9.72. The van der Waals surface area contributed by atoms with Gasteiger partial charge in [0.25, 0.3) is 0 Å². The molecule has 4 rings (SSSR count). The highest BCUT2D eigenvalue weighted by Gasteiger charge is 2.52. The lowest BCUT2D eigenvalue weighted by Crippen LogP contribution is -2.66. The first kappa shape index (κ1) is 22.9. The number of rotatable bonds is 6. The van der Waals surface area contributed by atoms with E-state index in [-0.39, 0.29) is 17.4 Å². The molecule has 2 aromatic carbocycles. The maximum Gasteiger partial charge on any atom is 0.206 e. The molecule has 3 nitrogen and oxygen atoms in total. The monoisotopic (exact) mass is 431 g/mol. The number of fused-ring (bicyclic) bond motifs is 1. The SMILES string of the molecule is CC/C=C(/CN1[C@H](C(=O)c2ccccc2)O[C@@H]2C[C@H](C)CC[C@H]2C1(C)C)c1ccccc1. The van der Waals surface area contributed by atoms with Crippen LogP contribution in [0.1, 0.15) is 69.3 Å². The fourth-order valence-electron chi connectivity index (χ4n) is 5.63. The number of Topliss-reactive ketones (excluding diaryl/α,β-unsaturated/α-hetero) is 1. The fourth-order valence-corrected chi connectivity index (χ4v) is 5.63. The second-order valence-corrected chi connectivity index (χ2v) is 10.1. The quantitative estimate of drug-likeness (QED) is 0.482. The minimum atomic E-state index is -0.567. The molecule has 2 aromatic rings. The molecule has 1 heterocycles. The normalized spacial score (nSPS) is 28.2. The molecule has 1 aliphatic carbocycles. The van der Waals surface area contributed by atoms with Crippen LogP contribution in [0.3, 0.4) is 0 Å². The molecule has 170 valence electrons. The molecule has 2 fully saturated rings. The first-order valence-corrected chi connectivity index (χ1v) is 12.2. The van der Waals surface area contributed by atoms with E-state index in [2.05, 4.69) is 69.0 Å².